The summed E-state index contributed by atoms with van der Waals surface area (Å²) in [5, 5.41) is 7.23. The van der Waals surface area contributed by atoms with E-state index < -0.39 is 0 Å². The third-order valence-electron chi connectivity index (χ3n) is 6.57. The van der Waals surface area contributed by atoms with Gasteiger partial charge in [0.2, 0.25) is 0 Å². The number of hydrogen-bond acceptors (Lipinski definition) is 3. The molecule has 178 valence electrons. The Morgan fingerprint density at radius 3 is 2.53 bits per heavy atom. The van der Waals surface area contributed by atoms with E-state index >= 15 is 0 Å². The van der Waals surface area contributed by atoms with Crippen LogP contribution >= 0.6 is 22.9 Å². The SMILES string of the molecule is CC(C)(C)C1CCc2c(sc(NC(=O)c3cccc(Cl)c3)c2C(=O)NCCc2ccccc2)C1. The second-order valence-corrected chi connectivity index (χ2v) is 11.5. The van der Waals surface area contributed by atoms with E-state index in [9.17, 15) is 9.59 Å². The fourth-order valence-corrected chi connectivity index (χ4v) is 6.02. The van der Waals surface area contributed by atoms with Crippen LogP contribution in [0.2, 0.25) is 5.02 Å². The first-order valence-electron chi connectivity index (χ1n) is 11.8. The molecule has 1 aromatic heterocycles. The lowest BCUT2D eigenvalue weighted by atomic mass is 9.72. The molecule has 1 aliphatic rings. The van der Waals surface area contributed by atoms with Crippen molar-refractivity contribution in [1.82, 2.24) is 5.32 Å². The van der Waals surface area contributed by atoms with Crippen molar-refractivity contribution in [3.8, 4) is 0 Å². The molecule has 4 rings (SSSR count). The van der Waals surface area contributed by atoms with E-state index in [1.54, 1.807) is 35.6 Å². The number of nitrogens with one attached hydrogen (secondary N) is 2. The van der Waals surface area contributed by atoms with Gasteiger partial charge in [-0.05, 0) is 66.3 Å². The quantitative estimate of drug-likeness (QED) is 0.397. The molecule has 0 spiro atoms. The van der Waals surface area contributed by atoms with E-state index in [-0.39, 0.29) is 17.2 Å². The predicted molar refractivity (Wildman–Crippen MR) is 141 cm³/mol. The molecule has 1 atom stereocenters. The zero-order chi connectivity index (χ0) is 24.3. The highest BCUT2D eigenvalue weighted by Crippen LogP contribution is 2.44. The number of halogens is 1. The molecule has 6 heteroatoms. The summed E-state index contributed by atoms with van der Waals surface area (Å²) < 4.78 is 0. The molecule has 0 bridgehead atoms. The lowest BCUT2D eigenvalue weighted by Crippen LogP contribution is -2.29. The molecule has 1 unspecified atom stereocenters. The highest BCUT2D eigenvalue weighted by atomic mass is 35.5. The van der Waals surface area contributed by atoms with Crippen molar-refractivity contribution in [2.24, 2.45) is 11.3 Å². The van der Waals surface area contributed by atoms with Crippen molar-refractivity contribution >= 4 is 39.8 Å². The van der Waals surface area contributed by atoms with Crippen LogP contribution in [-0.4, -0.2) is 18.4 Å². The van der Waals surface area contributed by atoms with Gasteiger partial charge in [-0.1, -0.05) is 68.8 Å². The van der Waals surface area contributed by atoms with Gasteiger partial charge in [0.1, 0.15) is 5.00 Å². The van der Waals surface area contributed by atoms with E-state index in [4.69, 9.17) is 11.6 Å². The van der Waals surface area contributed by atoms with Crippen molar-refractivity contribution in [1.29, 1.82) is 0 Å². The highest BCUT2D eigenvalue weighted by Gasteiger charge is 2.34. The Labute approximate surface area is 210 Å². The summed E-state index contributed by atoms with van der Waals surface area (Å²) in [5.74, 6) is 0.167. The van der Waals surface area contributed by atoms with E-state index in [1.807, 2.05) is 18.2 Å². The zero-order valence-electron chi connectivity index (χ0n) is 19.9. The molecule has 3 aromatic rings. The van der Waals surface area contributed by atoms with E-state index in [1.165, 1.54) is 10.4 Å². The Balaban J connectivity index is 1.58. The smallest absolute Gasteiger partial charge is 0.256 e. The number of hydrogen-bond donors (Lipinski definition) is 2. The summed E-state index contributed by atoms with van der Waals surface area (Å²) in [5.41, 5.74) is 3.56. The van der Waals surface area contributed by atoms with E-state index in [0.29, 0.717) is 33.6 Å². The average Bonchev–Trinajstić information content (AvgIpc) is 3.16. The second kappa shape index (κ2) is 10.3. The second-order valence-electron chi connectivity index (χ2n) is 9.97. The first-order valence-corrected chi connectivity index (χ1v) is 13.0. The topological polar surface area (TPSA) is 58.2 Å². The number of rotatable bonds is 6. The molecule has 2 N–H and O–H groups in total. The van der Waals surface area contributed by atoms with Crippen LogP contribution in [0.5, 0.6) is 0 Å². The number of carbonyl (C=O) groups is 2. The van der Waals surface area contributed by atoms with E-state index in [2.05, 4.69) is 43.5 Å². The third-order valence-corrected chi connectivity index (χ3v) is 7.98. The molecule has 1 heterocycles. The molecule has 1 aliphatic carbocycles. The summed E-state index contributed by atoms with van der Waals surface area (Å²) >= 11 is 7.62. The first-order chi connectivity index (χ1) is 16.2. The minimum atomic E-state index is -0.258. The Kier molecular flexibility index (Phi) is 7.44. The number of carbonyl (C=O) groups excluding carboxylic acids is 2. The largest absolute Gasteiger partial charge is 0.352 e. The summed E-state index contributed by atoms with van der Waals surface area (Å²) in [4.78, 5) is 27.6. The van der Waals surface area contributed by atoms with Gasteiger partial charge in [-0.15, -0.1) is 11.3 Å². The highest BCUT2D eigenvalue weighted by molar-refractivity contribution is 7.17. The number of anilines is 1. The number of amides is 2. The van der Waals surface area contributed by atoms with Crippen LogP contribution in [0.1, 0.15) is 63.9 Å². The number of thiophene rings is 1. The summed E-state index contributed by atoms with van der Waals surface area (Å²) in [7, 11) is 0. The molecule has 0 fully saturated rings. The van der Waals surface area contributed by atoms with Crippen LogP contribution in [0.3, 0.4) is 0 Å². The summed E-state index contributed by atoms with van der Waals surface area (Å²) in [6.07, 6.45) is 3.58. The molecule has 2 amide bonds. The van der Waals surface area contributed by atoms with Gasteiger partial charge < -0.3 is 10.6 Å². The molecule has 34 heavy (non-hydrogen) atoms. The lowest BCUT2D eigenvalue weighted by Gasteiger charge is -2.33. The number of fused-ring (bicyclic) bond motifs is 1. The van der Waals surface area contributed by atoms with Crippen LogP contribution in [0.15, 0.2) is 54.6 Å². The van der Waals surface area contributed by atoms with Crippen LogP contribution in [0.4, 0.5) is 5.00 Å². The molecular weight excluding hydrogens is 464 g/mol. The summed E-state index contributed by atoms with van der Waals surface area (Å²) in [6.45, 7) is 7.36. The van der Waals surface area contributed by atoms with Gasteiger partial charge in [0.05, 0.1) is 5.56 Å². The molecule has 0 aliphatic heterocycles. The van der Waals surface area contributed by atoms with Crippen LogP contribution in [-0.2, 0) is 19.3 Å². The molecule has 2 aromatic carbocycles. The van der Waals surface area contributed by atoms with Gasteiger partial charge in [0, 0.05) is 22.0 Å². The standard InChI is InChI=1S/C28H31ClN2O2S/c1-28(2,3)20-12-13-22-23(17-20)34-27(31-25(32)19-10-7-11-21(29)16-19)24(22)26(33)30-15-14-18-8-5-4-6-9-18/h4-11,16,20H,12-15,17H2,1-3H3,(H,30,33)(H,31,32). The van der Waals surface area contributed by atoms with Gasteiger partial charge >= 0.3 is 0 Å². The molecule has 0 saturated heterocycles. The maximum atomic E-state index is 13.4. The lowest BCUT2D eigenvalue weighted by molar-refractivity contribution is 0.0954. The van der Waals surface area contributed by atoms with Crippen molar-refractivity contribution in [3.05, 3.63) is 86.8 Å². The van der Waals surface area contributed by atoms with Gasteiger partial charge in [-0.3, -0.25) is 9.59 Å². The maximum absolute atomic E-state index is 13.4. The van der Waals surface area contributed by atoms with Crippen molar-refractivity contribution in [2.45, 2.75) is 46.5 Å². The van der Waals surface area contributed by atoms with Gasteiger partial charge in [-0.2, -0.15) is 0 Å². The zero-order valence-corrected chi connectivity index (χ0v) is 21.5. The summed E-state index contributed by atoms with van der Waals surface area (Å²) in [6, 6.07) is 17.0. The average molecular weight is 495 g/mol. The van der Waals surface area contributed by atoms with Gasteiger partial charge in [0.25, 0.3) is 11.8 Å². The normalized spacial score (nSPS) is 15.5. The fourth-order valence-electron chi connectivity index (χ4n) is 4.51. The first kappa shape index (κ1) is 24.5. The number of benzene rings is 2. The fraction of sp³-hybridized carbons (Fsp3) is 0.357. The van der Waals surface area contributed by atoms with Crippen molar-refractivity contribution in [3.63, 3.8) is 0 Å². The van der Waals surface area contributed by atoms with Crippen LogP contribution in [0, 0.1) is 11.3 Å². The minimum absolute atomic E-state index is 0.121. The Hall–Kier alpha value is -2.63. The Morgan fingerprint density at radius 2 is 1.82 bits per heavy atom. The molecular formula is C28H31ClN2O2S. The molecule has 0 saturated carbocycles. The molecule has 4 nitrogen and oxygen atoms in total. The predicted octanol–water partition coefficient (Wildman–Crippen LogP) is 6.78. The van der Waals surface area contributed by atoms with E-state index in [0.717, 1.165) is 31.2 Å². The Bertz CT molecular complexity index is 1180. The van der Waals surface area contributed by atoms with Crippen molar-refractivity contribution in [2.75, 3.05) is 11.9 Å². The maximum Gasteiger partial charge on any atom is 0.256 e. The van der Waals surface area contributed by atoms with Crippen LogP contribution in [0.25, 0.3) is 0 Å². The van der Waals surface area contributed by atoms with Gasteiger partial charge in [-0.25, -0.2) is 0 Å². The van der Waals surface area contributed by atoms with Gasteiger partial charge in [0.15, 0.2) is 0 Å². The van der Waals surface area contributed by atoms with Crippen LogP contribution < -0.4 is 10.6 Å². The third kappa shape index (κ3) is 5.70. The Morgan fingerprint density at radius 1 is 1.06 bits per heavy atom. The minimum Gasteiger partial charge on any atom is -0.352 e. The van der Waals surface area contributed by atoms with Crippen molar-refractivity contribution < 1.29 is 9.59 Å². The monoisotopic (exact) mass is 494 g/mol. The molecule has 0 radical (unpaired) electrons.